The Labute approximate surface area is 99.1 Å². The summed E-state index contributed by atoms with van der Waals surface area (Å²) in [6.45, 7) is 0. The highest BCUT2D eigenvalue weighted by Gasteiger charge is 2.39. The second kappa shape index (κ2) is 4.42. The third-order valence-corrected chi connectivity index (χ3v) is 3.08. The van der Waals surface area contributed by atoms with Crippen molar-refractivity contribution >= 4 is 11.8 Å². The minimum Gasteiger partial charge on any atom is -0.481 e. The van der Waals surface area contributed by atoms with E-state index >= 15 is 0 Å². The van der Waals surface area contributed by atoms with Gasteiger partial charge in [0.05, 0.1) is 18.1 Å². The Hall–Kier alpha value is -2.09. The predicted octanol–water partition coefficient (Wildman–Crippen LogP) is 1.76. The zero-order valence-corrected chi connectivity index (χ0v) is 9.31. The van der Waals surface area contributed by atoms with Gasteiger partial charge in [0.2, 0.25) is 0 Å². The summed E-state index contributed by atoms with van der Waals surface area (Å²) in [5.41, 5.74) is 0.139. The predicted molar refractivity (Wildman–Crippen MR) is 61.4 cm³/mol. The number of carbonyl (C=O) groups is 1. The van der Waals surface area contributed by atoms with Gasteiger partial charge in [0, 0.05) is 11.7 Å². The molecule has 1 fully saturated rings. The fourth-order valence-corrected chi connectivity index (χ4v) is 2.08. The number of aliphatic carboxylic acids is 1. The molecule has 5 nitrogen and oxygen atoms in total. The van der Waals surface area contributed by atoms with E-state index in [-0.39, 0.29) is 12.0 Å². The van der Waals surface area contributed by atoms with Crippen LogP contribution in [0.3, 0.4) is 0 Å². The van der Waals surface area contributed by atoms with E-state index in [9.17, 15) is 4.79 Å². The quantitative estimate of drug-likeness (QED) is 0.824. The second-order valence-corrected chi connectivity index (χ2v) is 4.37. The van der Waals surface area contributed by atoms with Crippen LogP contribution in [-0.4, -0.2) is 21.6 Å². The number of rotatable bonds is 4. The number of hydrogen-bond acceptors (Lipinski definition) is 4. The van der Waals surface area contributed by atoms with Crippen molar-refractivity contribution in [3.8, 4) is 6.07 Å². The average molecular weight is 231 g/mol. The monoisotopic (exact) mass is 231 g/mol. The summed E-state index contributed by atoms with van der Waals surface area (Å²) in [7, 11) is 0. The van der Waals surface area contributed by atoms with Crippen LogP contribution in [0.15, 0.2) is 18.3 Å². The molecule has 0 radical (unpaired) electrons. The van der Waals surface area contributed by atoms with Crippen LogP contribution < -0.4 is 5.32 Å². The molecule has 0 amide bonds. The number of carboxylic acid groups (broad SMARTS) is 1. The molecule has 2 rings (SSSR count). The molecule has 0 aromatic carbocycles. The van der Waals surface area contributed by atoms with Crippen LogP contribution >= 0.6 is 0 Å². The summed E-state index contributed by atoms with van der Waals surface area (Å²) in [5.74, 6) is -0.237. The van der Waals surface area contributed by atoms with Crippen LogP contribution in [0.25, 0.3) is 0 Å². The lowest BCUT2D eigenvalue weighted by molar-refractivity contribution is -0.138. The van der Waals surface area contributed by atoms with Crippen LogP contribution in [0.4, 0.5) is 5.82 Å². The lowest BCUT2D eigenvalue weighted by Crippen LogP contribution is -2.46. The highest BCUT2D eigenvalue weighted by molar-refractivity contribution is 5.69. The molecule has 0 aliphatic heterocycles. The average Bonchev–Trinajstić information content (AvgIpc) is 2.26. The van der Waals surface area contributed by atoms with E-state index in [1.807, 2.05) is 6.07 Å². The molecule has 88 valence electrons. The van der Waals surface area contributed by atoms with Crippen LogP contribution in [0.5, 0.6) is 0 Å². The number of aromatic nitrogens is 1. The summed E-state index contributed by atoms with van der Waals surface area (Å²) in [5, 5.41) is 20.8. The molecule has 0 saturated heterocycles. The lowest BCUT2D eigenvalue weighted by Gasteiger charge is -2.41. The van der Waals surface area contributed by atoms with Crippen molar-refractivity contribution in [1.82, 2.24) is 4.98 Å². The summed E-state index contributed by atoms with van der Waals surface area (Å²) < 4.78 is 0. The standard InChI is InChI=1S/C12H13N3O2/c13-8-9-2-5-14-10(6-9)15-12(3-1-4-12)7-11(16)17/h2,5-6H,1,3-4,7H2,(H,14,15)(H,16,17). The normalized spacial score (nSPS) is 16.6. The molecule has 1 aliphatic rings. The third kappa shape index (κ3) is 2.53. The maximum atomic E-state index is 10.8. The van der Waals surface area contributed by atoms with Crippen LogP contribution in [0.1, 0.15) is 31.2 Å². The van der Waals surface area contributed by atoms with Gasteiger partial charge in [0.25, 0.3) is 0 Å². The zero-order valence-electron chi connectivity index (χ0n) is 9.31. The largest absolute Gasteiger partial charge is 0.481 e. The van der Waals surface area contributed by atoms with E-state index in [1.54, 1.807) is 18.3 Å². The van der Waals surface area contributed by atoms with Gasteiger partial charge in [-0.15, -0.1) is 0 Å². The highest BCUT2D eigenvalue weighted by atomic mass is 16.4. The third-order valence-electron chi connectivity index (χ3n) is 3.08. The highest BCUT2D eigenvalue weighted by Crippen LogP contribution is 2.37. The lowest BCUT2D eigenvalue weighted by atomic mass is 9.74. The van der Waals surface area contributed by atoms with E-state index in [2.05, 4.69) is 10.3 Å². The molecule has 0 bridgehead atoms. The molecule has 2 N–H and O–H groups in total. The van der Waals surface area contributed by atoms with E-state index < -0.39 is 5.97 Å². The first-order valence-electron chi connectivity index (χ1n) is 5.50. The van der Waals surface area contributed by atoms with Crippen LogP contribution in [-0.2, 0) is 4.79 Å². The molecule has 1 saturated carbocycles. The Balaban J connectivity index is 2.13. The molecule has 17 heavy (non-hydrogen) atoms. The van der Waals surface area contributed by atoms with Gasteiger partial charge in [-0.2, -0.15) is 5.26 Å². The number of carboxylic acids is 1. The molecular weight excluding hydrogens is 218 g/mol. The number of pyridine rings is 1. The van der Waals surface area contributed by atoms with Crippen molar-refractivity contribution in [2.75, 3.05) is 5.32 Å². The Bertz CT molecular complexity index is 475. The molecule has 0 atom stereocenters. The van der Waals surface area contributed by atoms with Crippen LogP contribution in [0, 0.1) is 11.3 Å². The maximum absolute atomic E-state index is 10.8. The van der Waals surface area contributed by atoms with Crippen molar-refractivity contribution in [2.45, 2.75) is 31.2 Å². The summed E-state index contributed by atoms with van der Waals surface area (Å²) in [4.78, 5) is 14.9. The van der Waals surface area contributed by atoms with Gasteiger partial charge < -0.3 is 10.4 Å². The number of anilines is 1. The molecule has 1 aliphatic carbocycles. The van der Waals surface area contributed by atoms with Gasteiger partial charge in [-0.05, 0) is 31.4 Å². The van der Waals surface area contributed by atoms with E-state index in [4.69, 9.17) is 10.4 Å². The number of nitriles is 1. The number of nitrogens with one attached hydrogen (secondary N) is 1. The molecule has 1 aromatic heterocycles. The Kier molecular flexibility index (Phi) is 2.96. The Morgan fingerprint density at radius 1 is 1.65 bits per heavy atom. The van der Waals surface area contributed by atoms with E-state index in [0.29, 0.717) is 11.4 Å². The number of nitrogens with zero attached hydrogens (tertiary/aromatic N) is 2. The molecular formula is C12H13N3O2. The van der Waals surface area contributed by atoms with Crippen molar-refractivity contribution < 1.29 is 9.90 Å². The van der Waals surface area contributed by atoms with Crippen molar-refractivity contribution in [3.05, 3.63) is 23.9 Å². The fraction of sp³-hybridized carbons (Fsp3) is 0.417. The molecule has 1 aromatic rings. The topological polar surface area (TPSA) is 86.0 Å². The van der Waals surface area contributed by atoms with Gasteiger partial charge in [0.15, 0.2) is 0 Å². The fourth-order valence-electron chi connectivity index (χ4n) is 2.08. The first-order chi connectivity index (χ1) is 8.13. The Morgan fingerprint density at radius 2 is 2.41 bits per heavy atom. The summed E-state index contributed by atoms with van der Waals surface area (Å²) >= 11 is 0. The van der Waals surface area contributed by atoms with Crippen molar-refractivity contribution in [1.29, 1.82) is 5.26 Å². The van der Waals surface area contributed by atoms with E-state index in [0.717, 1.165) is 19.3 Å². The van der Waals surface area contributed by atoms with Gasteiger partial charge in [0.1, 0.15) is 5.82 Å². The number of hydrogen-bond donors (Lipinski definition) is 2. The molecule has 5 heteroatoms. The molecule has 0 unspecified atom stereocenters. The molecule has 1 heterocycles. The first-order valence-corrected chi connectivity index (χ1v) is 5.50. The maximum Gasteiger partial charge on any atom is 0.305 e. The summed E-state index contributed by atoms with van der Waals surface area (Å²) in [6.07, 6.45) is 4.33. The molecule has 0 spiro atoms. The Morgan fingerprint density at radius 3 is 2.94 bits per heavy atom. The van der Waals surface area contributed by atoms with Gasteiger partial charge in [-0.3, -0.25) is 4.79 Å². The van der Waals surface area contributed by atoms with Crippen molar-refractivity contribution in [2.24, 2.45) is 0 Å². The second-order valence-electron chi connectivity index (χ2n) is 4.37. The first kappa shape index (κ1) is 11.4. The van der Waals surface area contributed by atoms with E-state index in [1.165, 1.54) is 0 Å². The van der Waals surface area contributed by atoms with Gasteiger partial charge in [-0.1, -0.05) is 0 Å². The summed E-state index contributed by atoms with van der Waals surface area (Å²) in [6, 6.07) is 5.30. The van der Waals surface area contributed by atoms with Crippen molar-refractivity contribution in [3.63, 3.8) is 0 Å². The smallest absolute Gasteiger partial charge is 0.305 e. The van der Waals surface area contributed by atoms with Gasteiger partial charge in [-0.25, -0.2) is 4.98 Å². The SMILES string of the molecule is N#Cc1ccnc(NC2(CC(=O)O)CCC2)c1. The van der Waals surface area contributed by atoms with Crippen LogP contribution in [0.2, 0.25) is 0 Å². The van der Waals surface area contributed by atoms with Gasteiger partial charge >= 0.3 is 5.97 Å². The zero-order chi connectivity index (χ0) is 12.3. The minimum atomic E-state index is -0.811. The minimum absolute atomic E-state index is 0.0888.